The first kappa shape index (κ1) is 15.0. The van der Waals surface area contributed by atoms with Crippen molar-refractivity contribution in [3.05, 3.63) is 53.5 Å². The lowest BCUT2D eigenvalue weighted by atomic mass is 10.1. The van der Waals surface area contributed by atoms with Crippen LogP contribution in [0, 0.1) is 0 Å². The Hall–Kier alpha value is -1.88. The zero-order valence-corrected chi connectivity index (χ0v) is 13.6. The molecule has 5 heteroatoms. The summed E-state index contributed by atoms with van der Waals surface area (Å²) in [5.41, 5.74) is 1.20. The number of nitrogens with zero attached hydrogens (tertiary/aromatic N) is 1. The molecule has 4 nitrogen and oxygen atoms in total. The molecule has 3 rings (SSSR count). The second kappa shape index (κ2) is 6.48. The van der Waals surface area contributed by atoms with Crippen LogP contribution in [0.15, 0.2) is 40.8 Å². The lowest BCUT2D eigenvalue weighted by Crippen LogP contribution is -2.36. The molecule has 1 aromatic heterocycles. The predicted octanol–water partition coefficient (Wildman–Crippen LogP) is 3.22. The van der Waals surface area contributed by atoms with Crippen LogP contribution in [0.5, 0.6) is 5.75 Å². The van der Waals surface area contributed by atoms with E-state index in [0.717, 1.165) is 23.7 Å². The molecule has 0 N–H and O–H groups in total. The summed E-state index contributed by atoms with van der Waals surface area (Å²) in [6.07, 6.45) is 2.85. The van der Waals surface area contributed by atoms with E-state index in [0.29, 0.717) is 12.3 Å². The summed E-state index contributed by atoms with van der Waals surface area (Å²) < 4.78 is 11.5. The van der Waals surface area contributed by atoms with E-state index < -0.39 is 0 Å². The fourth-order valence-electron chi connectivity index (χ4n) is 2.64. The quantitative estimate of drug-likeness (QED) is 0.849. The van der Waals surface area contributed by atoms with Crippen LogP contribution in [0.3, 0.4) is 0 Å². The Bertz CT molecular complexity index is 642. The third kappa shape index (κ3) is 3.14. The van der Waals surface area contributed by atoms with Gasteiger partial charge in [-0.05, 0) is 30.0 Å². The van der Waals surface area contributed by atoms with Crippen molar-refractivity contribution < 1.29 is 13.9 Å². The van der Waals surface area contributed by atoms with Crippen molar-refractivity contribution >= 4 is 17.7 Å². The molecule has 2 aromatic rings. The maximum Gasteiger partial charge on any atom is 0.289 e. The fraction of sp³-hybridized carbons (Fsp3) is 0.353. The molecular formula is C17H19NO3S. The second-order valence-electron chi connectivity index (χ2n) is 5.44. The van der Waals surface area contributed by atoms with E-state index >= 15 is 0 Å². The Kier molecular flexibility index (Phi) is 4.43. The molecule has 0 saturated heterocycles. The minimum absolute atomic E-state index is 0.00646. The van der Waals surface area contributed by atoms with Gasteiger partial charge < -0.3 is 14.1 Å². The van der Waals surface area contributed by atoms with Crippen LogP contribution in [0.1, 0.15) is 21.9 Å². The van der Waals surface area contributed by atoms with E-state index in [1.807, 2.05) is 30.5 Å². The van der Waals surface area contributed by atoms with Crippen LogP contribution < -0.4 is 4.74 Å². The first-order valence-corrected chi connectivity index (χ1v) is 8.64. The van der Waals surface area contributed by atoms with Crippen molar-refractivity contribution in [2.45, 2.75) is 18.3 Å². The topological polar surface area (TPSA) is 42.7 Å². The van der Waals surface area contributed by atoms with Crippen molar-refractivity contribution in [2.24, 2.45) is 0 Å². The number of likely N-dealkylation sites (N-methyl/N-ethyl adjacent to an activating group) is 1. The molecular weight excluding hydrogens is 298 g/mol. The molecule has 0 radical (unpaired) electrons. The summed E-state index contributed by atoms with van der Waals surface area (Å²) in [6.45, 7) is 0.548. The van der Waals surface area contributed by atoms with Crippen LogP contribution in [0.25, 0.3) is 0 Å². The molecule has 0 bridgehead atoms. The molecule has 1 atom stereocenters. The Morgan fingerprint density at radius 3 is 2.91 bits per heavy atom. The highest BCUT2D eigenvalue weighted by Gasteiger charge is 2.26. The van der Waals surface area contributed by atoms with E-state index in [9.17, 15) is 4.79 Å². The summed E-state index contributed by atoms with van der Waals surface area (Å²) in [5.74, 6) is 2.81. The van der Waals surface area contributed by atoms with E-state index in [2.05, 4.69) is 6.07 Å². The number of carbonyl (C=O) groups is 1. The standard InChI is InChI=1S/C17H19NO3S/c1-18(17(19)16-8-7-13(20-16)11-22-2)10-14-9-12-5-3-4-6-15(12)21-14/h3-8,14H,9-11H2,1-2H3/t14-/m1/s1. The maximum atomic E-state index is 12.4. The average Bonchev–Trinajstić information content (AvgIpc) is 3.12. The minimum Gasteiger partial charge on any atom is -0.488 e. The van der Waals surface area contributed by atoms with Crippen LogP contribution in [-0.4, -0.2) is 36.8 Å². The van der Waals surface area contributed by atoms with E-state index in [1.54, 1.807) is 29.8 Å². The van der Waals surface area contributed by atoms with Crippen LogP contribution in [-0.2, 0) is 12.2 Å². The van der Waals surface area contributed by atoms with E-state index in [-0.39, 0.29) is 12.0 Å². The number of hydrogen-bond donors (Lipinski definition) is 0. The molecule has 0 saturated carbocycles. The molecule has 0 unspecified atom stereocenters. The number of thioether (sulfide) groups is 1. The molecule has 22 heavy (non-hydrogen) atoms. The van der Waals surface area contributed by atoms with Gasteiger partial charge in [-0.15, -0.1) is 0 Å². The molecule has 1 aliphatic rings. The van der Waals surface area contributed by atoms with Gasteiger partial charge in [-0.1, -0.05) is 18.2 Å². The maximum absolute atomic E-state index is 12.4. The van der Waals surface area contributed by atoms with Gasteiger partial charge >= 0.3 is 0 Å². The number of furan rings is 1. The fourth-order valence-corrected chi connectivity index (χ4v) is 3.08. The summed E-state index contributed by atoms with van der Waals surface area (Å²) in [5, 5.41) is 0. The Balaban J connectivity index is 1.60. The number of benzene rings is 1. The lowest BCUT2D eigenvalue weighted by molar-refractivity contribution is 0.0698. The molecule has 1 amide bonds. The predicted molar refractivity (Wildman–Crippen MR) is 87.4 cm³/mol. The number of fused-ring (bicyclic) bond motifs is 1. The Labute approximate surface area is 134 Å². The third-order valence-corrected chi connectivity index (χ3v) is 4.27. The summed E-state index contributed by atoms with van der Waals surface area (Å²) >= 11 is 1.67. The Morgan fingerprint density at radius 2 is 2.14 bits per heavy atom. The van der Waals surface area contributed by atoms with E-state index in [1.165, 1.54) is 5.56 Å². The summed E-state index contributed by atoms with van der Waals surface area (Å²) in [4.78, 5) is 14.1. The highest BCUT2D eigenvalue weighted by atomic mass is 32.2. The molecule has 1 aliphatic heterocycles. The summed E-state index contributed by atoms with van der Waals surface area (Å²) in [7, 11) is 1.78. The zero-order chi connectivity index (χ0) is 15.5. The van der Waals surface area contributed by atoms with Crippen LogP contribution >= 0.6 is 11.8 Å². The minimum atomic E-state index is -0.105. The van der Waals surface area contributed by atoms with Gasteiger partial charge in [0.2, 0.25) is 0 Å². The monoisotopic (exact) mass is 317 g/mol. The van der Waals surface area contributed by atoms with Gasteiger partial charge in [-0.2, -0.15) is 11.8 Å². The number of ether oxygens (including phenoxy) is 1. The number of rotatable bonds is 5. The Morgan fingerprint density at radius 1 is 1.32 bits per heavy atom. The van der Waals surface area contributed by atoms with E-state index in [4.69, 9.17) is 9.15 Å². The van der Waals surface area contributed by atoms with Gasteiger partial charge in [0.15, 0.2) is 5.76 Å². The van der Waals surface area contributed by atoms with Crippen molar-refractivity contribution in [3.63, 3.8) is 0 Å². The highest BCUT2D eigenvalue weighted by Crippen LogP contribution is 2.28. The van der Waals surface area contributed by atoms with Gasteiger partial charge in [-0.3, -0.25) is 4.79 Å². The van der Waals surface area contributed by atoms with Gasteiger partial charge in [0, 0.05) is 13.5 Å². The SMILES string of the molecule is CSCc1ccc(C(=O)N(C)C[C@H]2Cc3ccccc3O2)o1. The lowest BCUT2D eigenvalue weighted by Gasteiger charge is -2.20. The average molecular weight is 317 g/mol. The third-order valence-electron chi connectivity index (χ3n) is 3.70. The number of amides is 1. The van der Waals surface area contributed by atoms with Crippen molar-refractivity contribution in [1.82, 2.24) is 4.90 Å². The van der Waals surface area contributed by atoms with Gasteiger partial charge in [0.1, 0.15) is 17.6 Å². The number of para-hydroxylation sites is 1. The van der Waals surface area contributed by atoms with Crippen molar-refractivity contribution in [3.8, 4) is 5.75 Å². The highest BCUT2D eigenvalue weighted by molar-refractivity contribution is 7.97. The first-order valence-electron chi connectivity index (χ1n) is 7.25. The zero-order valence-electron chi connectivity index (χ0n) is 12.7. The molecule has 0 aliphatic carbocycles. The van der Waals surface area contributed by atoms with Gasteiger partial charge in [-0.25, -0.2) is 0 Å². The molecule has 0 spiro atoms. The normalized spacial score (nSPS) is 16.2. The molecule has 116 valence electrons. The summed E-state index contributed by atoms with van der Waals surface area (Å²) in [6, 6.07) is 11.6. The van der Waals surface area contributed by atoms with Gasteiger partial charge in [0.25, 0.3) is 5.91 Å². The number of hydrogen-bond acceptors (Lipinski definition) is 4. The van der Waals surface area contributed by atoms with Gasteiger partial charge in [0.05, 0.1) is 12.3 Å². The van der Waals surface area contributed by atoms with Crippen LogP contribution in [0.2, 0.25) is 0 Å². The smallest absolute Gasteiger partial charge is 0.289 e. The van der Waals surface area contributed by atoms with Crippen LogP contribution in [0.4, 0.5) is 0 Å². The second-order valence-corrected chi connectivity index (χ2v) is 6.30. The molecule has 2 heterocycles. The van der Waals surface area contributed by atoms with Crippen molar-refractivity contribution in [2.75, 3.05) is 19.8 Å². The molecule has 1 aromatic carbocycles. The van der Waals surface area contributed by atoms with Crippen molar-refractivity contribution in [1.29, 1.82) is 0 Å². The molecule has 0 fully saturated rings. The first-order chi connectivity index (χ1) is 10.7. The largest absolute Gasteiger partial charge is 0.488 e. The number of carbonyl (C=O) groups excluding carboxylic acids is 1.